The zero-order valence-corrected chi connectivity index (χ0v) is 14.8. The van der Waals surface area contributed by atoms with Crippen LogP contribution in [-0.2, 0) is 11.3 Å². The Hall–Kier alpha value is -2.11. The van der Waals surface area contributed by atoms with Gasteiger partial charge in [-0.15, -0.1) is 12.4 Å². The SMILES string of the molecule is CCCC(C)(N)C(=O)Nc1cccn(Cc2ccccc2)c1=O.Cl. The number of carbonyl (C=O) groups is 1. The first-order chi connectivity index (χ1) is 10.9. The van der Waals surface area contributed by atoms with Crippen LogP contribution >= 0.6 is 12.4 Å². The molecule has 1 amide bonds. The minimum Gasteiger partial charge on any atom is -0.320 e. The number of benzene rings is 1. The molecule has 0 radical (unpaired) electrons. The average molecular weight is 350 g/mol. The molecule has 1 heterocycles. The zero-order chi connectivity index (χ0) is 16.9. The second-order valence-electron chi connectivity index (χ2n) is 5.96. The van der Waals surface area contributed by atoms with E-state index in [2.05, 4.69) is 5.32 Å². The summed E-state index contributed by atoms with van der Waals surface area (Å²) < 4.78 is 1.57. The maximum absolute atomic E-state index is 12.5. The molecule has 0 fully saturated rings. The lowest BCUT2D eigenvalue weighted by Gasteiger charge is -2.22. The number of hydrogen-bond acceptors (Lipinski definition) is 3. The smallest absolute Gasteiger partial charge is 0.274 e. The summed E-state index contributed by atoms with van der Waals surface area (Å²) >= 11 is 0. The molecule has 0 spiro atoms. The van der Waals surface area contributed by atoms with Crippen LogP contribution in [-0.4, -0.2) is 16.0 Å². The van der Waals surface area contributed by atoms with Crippen molar-refractivity contribution in [3.05, 3.63) is 64.6 Å². The Labute approximate surface area is 148 Å². The van der Waals surface area contributed by atoms with Crippen LogP contribution < -0.4 is 16.6 Å². The molecular formula is C18H24ClN3O2. The van der Waals surface area contributed by atoms with E-state index in [9.17, 15) is 9.59 Å². The van der Waals surface area contributed by atoms with E-state index < -0.39 is 5.54 Å². The Balaban J connectivity index is 0.00000288. The highest BCUT2D eigenvalue weighted by Gasteiger charge is 2.27. The average Bonchev–Trinajstić information content (AvgIpc) is 2.52. The van der Waals surface area contributed by atoms with E-state index in [0.29, 0.717) is 13.0 Å². The molecule has 3 N–H and O–H groups in total. The Kier molecular flexibility index (Phi) is 7.19. The molecule has 130 valence electrons. The number of amides is 1. The van der Waals surface area contributed by atoms with Crippen molar-refractivity contribution in [1.82, 2.24) is 4.57 Å². The van der Waals surface area contributed by atoms with Crippen molar-refractivity contribution in [3.63, 3.8) is 0 Å². The summed E-state index contributed by atoms with van der Waals surface area (Å²) in [5, 5.41) is 2.66. The van der Waals surface area contributed by atoms with Gasteiger partial charge in [0.1, 0.15) is 5.69 Å². The molecule has 0 aliphatic carbocycles. The van der Waals surface area contributed by atoms with E-state index in [1.165, 1.54) is 0 Å². The first-order valence-corrected chi connectivity index (χ1v) is 7.78. The molecule has 0 saturated heterocycles. The van der Waals surface area contributed by atoms with Gasteiger partial charge < -0.3 is 15.6 Å². The van der Waals surface area contributed by atoms with E-state index in [1.807, 2.05) is 37.3 Å². The normalized spacial score (nSPS) is 12.8. The van der Waals surface area contributed by atoms with Gasteiger partial charge in [-0.1, -0.05) is 43.7 Å². The van der Waals surface area contributed by atoms with Crippen LogP contribution in [0.2, 0.25) is 0 Å². The molecule has 2 aromatic rings. The quantitative estimate of drug-likeness (QED) is 0.841. The number of rotatable bonds is 6. The van der Waals surface area contributed by atoms with Gasteiger partial charge in [0.05, 0.1) is 12.1 Å². The van der Waals surface area contributed by atoms with E-state index in [-0.39, 0.29) is 29.6 Å². The first-order valence-electron chi connectivity index (χ1n) is 7.78. The lowest BCUT2D eigenvalue weighted by molar-refractivity contribution is -0.120. The van der Waals surface area contributed by atoms with Gasteiger partial charge in [-0.25, -0.2) is 0 Å². The van der Waals surface area contributed by atoms with Crippen LogP contribution in [0.1, 0.15) is 32.3 Å². The third-order valence-electron chi connectivity index (χ3n) is 3.75. The Bertz CT molecular complexity index is 727. The first kappa shape index (κ1) is 19.9. The monoisotopic (exact) mass is 349 g/mol. The van der Waals surface area contributed by atoms with Gasteiger partial charge in [-0.3, -0.25) is 9.59 Å². The van der Waals surface area contributed by atoms with E-state index in [0.717, 1.165) is 12.0 Å². The van der Waals surface area contributed by atoms with Crippen molar-refractivity contribution >= 4 is 24.0 Å². The van der Waals surface area contributed by atoms with Crippen LogP contribution in [0.15, 0.2) is 53.5 Å². The fourth-order valence-corrected chi connectivity index (χ4v) is 2.43. The van der Waals surface area contributed by atoms with Crippen LogP contribution in [0, 0.1) is 0 Å². The summed E-state index contributed by atoms with van der Waals surface area (Å²) in [5.41, 5.74) is 6.06. The summed E-state index contributed by atoms with van der Waals surface area (Å²) in [4.78, 5) is 24.8. The molecule has 0 saturated carbocycles. The molecule has 1 unspecified atom stereocenters. The largest absolute Gasteiger partial charge is 0.320 e. The van der Waals surface area contributed by atoms with E-state index in [4.69, 9.17) is 5.73 Å². The topological polar surface area (TPSA) is 77.1 Å². The van der Waals surface area contributed by atoms with Crippen molar-refractivity contribution in [2.24, 2.45) is 5.73 Å². The van der Waals surface area contributed by atoms with Crippen LogP contribution in [0.3, 0.4) is 0 Å². The number of carbonyl (C=O) groups excluding carboxylic acids is 1. The predicted molar refractivity (Wildman–Crippen MR) is 99.6 cm³/mol. The third-order valence-corrected chi connectivity index (χ3v) is 3.75. The summed E-state index contributed by atoms with van der Waals surface area (Å²) in [6.07, 6.45) is 3.07. The minimum atomic E-state index is -0.985. The number of nitrogens with two attached hydrogens (primary N) is 1. The number of nitrogens with zero attached hydrogens (tertiary/aromatic N) is 1. The standard InChI is InChI=1S/C18H23N3O2.ClH/c1-3-11-18(2,19)17(23)20-15-10-7-12-21(16(15)22)13-14-8-5-4-6-9-14;/h4-10,12H,3,11,13,19H2,1-2H3,(H,20,23);1H. The highest BCUT2D eigenvalue weighted by Crippen LogP contribution is 2.12. The summed E-state index contributed by atoms with van der Waals surface area (Å²) in [5.74, 6) is -0.339. The predicted octanol–water partition coefficient (Wildman–Crippen LogP) is 2.77. The van der Waals surface area contributed by atoms with Crippen LogP contribution in [0.5, 0.6) is 0 Å². The molecule has 1 aromatic heterocycles. The van der Waals surface area contributed by atoms with Crippen molar-refractivity contribution in [3.8, 4) is 0 Å². The van der Waals surface area contributed by atoms with Crippen molar-refractivity contribution in [2.45, 2.75) is 38.8 Å². The number of aromatic nitrogens is 1. The molecule has 1 aromatic carbocycles. The van der Waals surface area contributed by atoms with Gasteiger partial charge in [-0.05, 0) is 31.0 Å². The molecule has 5 nitrogen and oxygen atoms in total. The molecule has 0 aliphatic heterocycles. The molecular weight excluding hydrogens is 326 g/mol. The second kappa shape index (κ2) is 8.66. The number of anilines is 1. The number of hydrogen-bond donors (Lipinski definition) is 2. The second-order valence-corrected chi connectivity index (χ2v) is 5.96. The van der Waals surface area contributed by atoms with Crippen molar-refractivity contribution in [2.75, 3.05) is 5.32 Å². The highest BCUT2D eigenvalue weighted by molar-refractivity contribution is 5.97. The summed E-state index contributed by atoms with van der Waals surface area (Å²) in [6, 6.07) is 13.0. The lowest BCUT2D eigenvalue weighted by atomic mass is 9.96. The van der Waals surface area contributed by atoms with E-state index >= 15 is 0 Å². The summed E-state index contributed by atoms with van der Waals surface area (Å²) in [7, 11) is 0. The fourth-order valence-electron chi connectivity index (χ4n) is 2.43. The third kappa shape index (κ3) is 4.94. The van der Waals surface area contributed by atoms with Gasteiger partial charge in [-0.2, -0.15) is 0 Å². The minimum absolute atomic E-state index is 0. The molecule has 24 heavy (non-hydrogen) atoms. The molecule has 0 aliphatic rings. The summed E-state index contributed by atoms with van der Waals surface area (Å²) in [6.45, 7) is 4.10. The molecule has 2 rings (SSSR count). The number of pyridine rings is 1. The Morgan fingerprint density at radius 3 is 2.50 bits per heavy atom. The van der Waals surface area contributed by atoms with Crippen molar-refractivity contribution in [1.29, 1.82) is 0 Å². The van der Waals surface area contributed by atoms with Gasteiger partial charge in [0.25, 0.3) is 5.56 Å². The maximum Gasteiger partial charge on any atom is 0.274 e. The van der Waals surface area contributed by atoms with Gasteiger partial charge in [0.2, 0.25) is 5.91 Å². The van der Waals surface area contributed by atoms with Crippen molar-refractivity contribution < 1.29 is 4.79 Å². The van der Waals surface area contributed by atoms with Gasteiger partial charge in [0.15, 0.2) is 0 Å². The molecule has 1 atom stereocenters. The molecule has 6 heteroatoms. The Morgan fingerprint density at radius 2 is 1.88 bits per heavy atom. The van der Waals surface area contributed by atoms with E-state index in [1.54, 1.807) is 29.8 Å². The molecule has 0 bridgehead atoms. The number of halogens is 1. The zero-order valence-electron chi connectivity index (χ0n) is 14.0. The van der Waals surface area contributed by atoms with Crippen LogP contribution in [0.4, 0.5) is 5.69 Å². The lowest BCUT2D eigenvalue weighted by Crippen LogP contribution is -2.49. The van der Waals surface area contributed by atoms with Gasteiger partial charge >= 0.3 is 0 Å². The van der Waals surface area contributed by atoms with Crippen LogP contribution in [0.25, 0.3) is 0 Å². The Morgan fingerprint density at radius 1 is 1.21 bits per heavy atom. The number of nitrogens with one attached hydrogen (secondary N) is 1. The maximum atomic E-state index is 12.5. The fraction of sp³-hybridized carbons (Fsp3) is 0.333. The van der Waals surface area contributed by atoms with Gasteiger partial charge in [0, 0.05) is 6.20 Å². The highest BCUT2D eigenvalue weighted by atomic mass is 35.5.